The monoisotopic (exact) mass is 340 g/mol. The van der Waals surface area contributed by atoms with Crippen LogP contribution in [0.2, 0.25) is 5.02 Å². The summed E-state index contributed by atoms with van der Waals surface area (Å²) in [5.41, 5.74) is 0.238. The van der Waals surface area contributed by atoms with Crippen LogP contribution in [-0.2, 0) is 11.3 Å². The van der Waals surface area contributed by atoms with Crippen LogP contribution in [0, 0.1) is 5.92 Å². The van der Waals surface area contributed by atoms with E-state index in [0.717, 1.165) is 18.4 Å². The summed E-state index contributed by atoms with van der Waals surface area (Å²) in [5, 5.41) is 16.6. The summed E-state index contributed by atoms with van der Waals surface area (Å²) < 4.78 is 5.31. The Hall–Kier alpha value is -1.46. The van der Waals surface area contributed by atoms with Gasteiger partial charge in [-0.3, -0.25) is 0 Å². The minimum absolute atomic E-state index is 0.0335. The summed E-state index contributed by atoms with van der Waals surface area (Å²) in [6, 6.07) is 5.00. The van der Waals surface area contributed by atoms with Gasteiger partial charge in [-0.1, -0.05) is 11.6 Å². The van der Waals surface area contributed by atoms with E-state index in [-0.39, 0.29) is 17.9 Å². The largest absolute Gasteiger partial charge is 0.508 e. The number of nitrogens with one attached hydrogen (secondary N) is 2. The maximum Gasteiger partial charge on any atom is 0.407 e. The Kier molecular flexibility index (Phi) is 5.76. The van der Waals surface area contributed by atoms with Gasteiger partial charge in [0.25, 0.3) is 0 Å². The number of benzene rings is 1. The van der Waals surface area contributed by atoms with Crippen molar-refractivity contribution >= 4 is 17.7 Å². The molecule has 1 aliphatic carbocycles. The Morgan fingerprint density at radius 2 is 2.13 bits per heavy atom. The summed E-state index contributed by atoms with van der Waals surface area (Å²) >= 11 is 5.94. The number of amides is 1. The molecule has 1 atom stereocenters. The molecular formula is C17H25ClN2O3. The molecule has 128 valence electrons. The zero-order valence-electron chi connectivity index (χ0n) is 13.9. The second-order valence-electron chi connectivity index (χ2n) is 6.99. The SMILES string of the molecule is CC(C)(C)OC(=O)NC(CNCc1cc(Cl)ccc1O)C1CC1. The van der Waals surface area contributed by atoms with E-state index in [1.807, 2.05) is 20.8 Å². The number of carbonyl (C=O) groups excluding carboxylic acids is 1. The summed E-state index contributed by atoms with van der Waals surface area (Å²) in [7, 11) is 0. The van der Waals surface area contributed by atoms with Crippen molar-refractivity contribution in [1.82, 2.24) is 10.6 Å². The molecule has 23 heavy (non-hydrogen) atoms. The van der Waals surface area contributed by atoms with E-state index >= 15 is 0 Å². The smallest absolute Gasteiger partial charge is 0.407 e. The van der Waals surface area contributed by atoms with E-state index < -0.39 is 5.60 Å². The third-order valence-corrected chi connectivity index (χ3v) is 3.85. The molecule has 6 heteroatoms. The standard InChI is InChI=1S/C17H25ClN2O3/c1-17(2,3)23-16(22)20-14(11-4-5-11)10-19-9-12-8-13(18)6-7-15(12)21/h6-8,11,14,19,21H,4-5,9-10H2,1-3H3,(H,20,22). The highest BCUT2D eigenvalue weighted by Gasteiger charge is 2.33. The molecule has 0 aliphatic heterocycles. The first kappa shape index (κ1) is 17.9. The van der Waals surface area contributed by atoms with Crippen molar-refractivity contribution in [3.8, 4) is 5.75 Å². The van der Waals surface area contributed by atoms with Crippen LogP contribution in [0.25, 0.3) is 0 Å². The first-order valence-electron chi connectivity index (χ1n) is 7.92. The molecule has 0 bridgehead atoms. The molecule has 1 aromatic carbocycles. The van der Waals surface area contributed by atoms with Crippen LogP contribution < -0.4 is 10.6 Å². The third kappa shape index (κ3) is 6.28. The molecule has 1 saturated carbocycles. The van der Waals surface area contributed by atoms with Gasteiger partial charge in [0.15, 0.2) is 0 Å². The van der Waals surface area contributed by atoms with Crippen LogP contribution in [0.15, 0.2) is 18.2 Å². The Labute approximate surface area is 142 Å². The van der Waals surface area contributed by atoms with Gasteiger partial charge in [0.05, 0.1) is 0 Å². The Morgan fingerprint density at radius 1 is 1.43 bits per heavy atom. The zero-order chi connectivity index (χ0) is 17.0. The lowest BCUT2D eigenvalue weighted by Crippen LogP contribution is -2.45. The number of alkyl carbamates (subject to hydrolysis) is 1. The minimum Gasteiger partial charge on any atom is -0.508 e. The molecule has 3 N–H and O–H groups in total. The number of rotatable bonds is 6. The molecule has 0 aromatic heterocycles. The average Bonchev–Trinajstić information content (AvgIpc) is 3.24. The van der Waals surface area contributed by atoms with E-state index in [2.05, 4.69) is 10.6 Å². The fraction of sp³-hybridized carbons (Fsp3) is 0.588. The quantitative estimate of drug-likeness (QED) is 0.742. The van der Waals surface area contributed by atoms with Crippen molar-refractivity contribution in [2.45, 2.75) is 51.8 Å². The van der Waals surface area contributed by atoms with Crippen molar-refractivity contribution in [3.63, 3.8) is 0 Å². The molecular weight excluding hydrogens is 316 g/mol. The van der Waals surface area contributed by atoms with Gasteiger partial charge in [0, 0.05) is 29.7 Å². The van der Waals surface area contributed by atoms with Crippen molar-refractivity contribution in [3.05, 3.63) is 28.8 Å². The van der Waals surface area contributed by atoms with Crippen LogP contribution in [-0.4, -0.2) is 29.4 Å². The molecule has 0 heterocycles. The predicted octanol–water partition coefficient (Wildman–Crippen LogP) is 3.44. The van der Waals surface area contributed by atoms with Gasteiger partial charge >= 0.3 is 6.09 Å². The van der Waals surface area contributed by atoms with Gasteiger partial charge in [-0.2, -0.15) is 0 Å². The summed E-state index contributed by atoms with van der Waals surface area (Å²) in [6.45, 7) is 6.65. The maximum absolute atomic E-state index is 11.9. The van der Waals surface area contributed by atoms with Gasteiger partial charge < -0.3 is 20.5 Å². The average molecular weight is 341 g/mol. The van der Waals surface area contributed by atoms with Crippen LogP contribution in [0.5, 0.6) is 5.75 Å². The first-order valence-corrected chi connectivity index (χ1v) is 8.30. The number of hydrogen-bond acceptors (Lipinski definition) is 4. The predicted molar refractivity (Wildman–Crippen MR) is 90.7 cm³/mol. The van der Waals surface area contributed by atoms with Crippen molar-refractivity contribution in [1.29, 1.82) is 0 Å². The number of ether oxygens (including phenoxy) is 1. The van der Waals surface area contributed by atoms with Gasteiger partial charge in [0.2, 0.25) is 0 Å². The van der Waals surface area contributed by atoms with Gasteiger partial charge in [-0.15, -0.1) is 0 Å². The van der Waals surface area contributed by atoms with E-state index in [0.29, 0.717) is 24.0 Å². The van der Waals surface area contributed by atoms with Gasteiger partial charge in [-0.05, 0) is 57.7 Å². The lowest BCUT2D eigenvalue weighted by Gasteiger charge is -2.24. The minimum atomic E-state index is -0.502. The molecule has 1 unspecified atom stereocenters. The molecule has 0 spiro atoms. The zero-order valence-corrected chi connectivity index (χ0v) is 14.6. The van der Waals surface area contributed by atoms with Gasteiger partial charge in [-0.25, -0.2) is 4.79 Å². The lowest BCUT2D eigenvalue weighted by molar-refractivity contribution is 0.0497. The number of aromatic hydroxyl groups is 1. The number of carbonyl (C=O) groups is 1. The normalized spacial score (nSPS) is 16.0. The molecule has 2 rings (SSSR count). The van der Waals surface area contributed by atoms with E-state index in [4.69, 9.17) is 16.3 Å². The molecule has 5 nitrogen and oxygen atoms in total. The van der Waals surface area contributed by atoms with Crippen LogP contribution in [0.1, 0.15) is 39.2 Å². The van der Waals surface area contributed by atoms with Crippen molar-refractivity contribution in [2.24, 2.45) is 5.92 Å². The molecule has 1 aliphatic rings. The van der Waals surface area contributed by atoms with E-state index in [1.165, 1.54) is 0 Å². The Bertz CT molecular complexity index is 553. The summed E-state index contributed by atoms with van der Waals surface area (Å²) in [4.78, 5) is 11.9. The highest BCUT2D eigenvalue weighted by Crippen LogP contribution is 2.32. The lowest BCUT2D eigenvalue weighted by atomic mass is 10.1. The fourth-order valence-corrected chi connectivity index (χ4v) is 2.55. The third-order valence-electron chi connectivity index (χ3n) is 3.61. The molecule has 1 fully saturated rings. The maximum atomic E-state index is 11.9. The molecule has 0 radical (unpaired) electrons. The summed E-state index contributed by atoms with van der Waals surface area (Å²) in [5.74, 6) is 0.702. The number of halogens is 1. The second kappa shape index (κ2) is 7.41. The fourth-order valence-electron chi connectivity index (χ4n) is 2.35. The van der Waals surface area contributed by atoms with Crippen LogP contribution in [0.3, 0.4) is 0 Å². The number of phenolic OH excluding ortho intramolecular Hbond substituents is 1. The summed E-state index contributed by atoms with van der Waals surface area (Å²) in [6.07, 6.45) is 1.84. The van der Waals surface area contributed by atoms with Crippen LogP contribution in [0.4, 0.5) is 4.79 Å². The molecule has 0 saturated heterocycles. The van der Waals surface area contributed by atoms with Crippen molar-refractivity contribution in [2.75, 3.05) is 6.54 Å². The Morgan fingerprint density at radius 3 is 2.74 bits per heavy atom. The van der Waals surface area contributed by atoms with E-state index in [9.17, 15) is 9.90 Å². The van der Waals surface area contributed by atoms with Gasteiger partial charge in [0.1, 0.15) is 11.4 Å². The Balaban J connectivity index is 1.83. The number of hydrogen-bond donors (Lipinski definition) is 3. The van der Waals surface area contributed by atoms with Crippen LogP contribution >= 0.6 is 11.6 Å². The van der Waals surface area contributed by atoms with Crippen molar-refractivity contribution < 1.29 is 14.6 Å². The van der Waals surface area contributed by atoms with E-state index in [1.54, 1.807) is 18.2 Å². The molecule has 1 amide bonds. The number of phenols is 1. The first-order chi connectivity index (χ1) is 10.7. The highest BCUT2D eigenvalue weighted by molar-refractivity contribution is 6.30. The topological polar surface area (TPSA) is 70.6 Å². The second-order valence-corrected chi connectivity index (χ2v) is 7.43. The highest BCUT2D eigenvalue weighted by atomic mass is 35.5. The molecule has 1 aromatic rings.